The van der Waals surface area contributed by atoms with Gasteiger partial charge in [-0.3, -0.25) is 4.79 Å². The minimum atomic E-state index is -0.122. The van der Waals surface area contributed by atoms with E-state index in [0.29, 0.717) is 30.3 Å². The van der Waals surface area contributed by atoms with E-state index in [4.69, 9.17) is 9.57 Å². The van der Waals surface area contributed by atoms with Crippen molar-refractivity contribution in [2.45, 2.75) is 109 Å². The molecule has 2 N–H and O–H groups in total. The van der Waals surface area contributed by atoms with Crippen LogP contribution in [-0.2, 0) is 15.0 Å². The van der Waals surface area contributed by atoms with E-state index in [0.717, 1.165) is 68.9 Å². The van der Waals surface area contributed by atoms with Crippen molar-refractivity contribution < 1.29 is 19.5 Å². The van der Waals surface area contributed by atoms with Gasteiger partial charge in [-0.1, -0.05) is 43.6 Å². The third-order valence-corrected chi connectivity index (χ3v) is 13.8. The van der Waals surface area contributed by atoms with E-state index in [1.54, 1.807) is 7.11 Å². The Morgan fingerprint density at radius 3 is 2.60 bits per heavy atom. The summed E-state index contributed by atoms with van der Waals surface area (Å²) in [6, 6.07) is 8.98. The number of carbonyl (C=O) groups is 1. The van der Waals surface area contributed by atoms with Crippen LogP contribution in [0.2, 0.25) is 0 Å². The number of allylic oxidation sites excluding steroid dienone is 2. The lowest BCUT2D eigenvalue weighted by Gasteiger charge is -2.57. The number of piperidine rings is 1. The Hall–Kier alpha value is -2.38. The number of carbonyl (C=O) groups excluding carboxylic acids is 1. The monoisotopic (exact) mass is 619 g/mol. The number of fused-ring (bicyclic) bond motifs is 5. The van der Waals surface area contributed by atoms with Crippen LogP contribution in [0.3, 0.4) is 0 Å². The van der Waals surface area contributed by atoms with E-state index in [2.05, 4.69) is 80.5 Å². The number of aliphatic hydroxyl groups is 1. The highest BCUT2D eigenvalue weighted by atomic mass is 16.6. The molecule has 4 fully saturated rings. The minimum Gasteiger partial charge on any atom is -0.497 e. The van der Waals surface area contributed by atoms with Gasteiger partial charge in [0.05, 0.1) is 18.9 Å². The number of likely N-dealkylation sites (tertiary alicyclic amines) is 1. The molecule has 248 valence electrons. The Morgan fingerprint density at radius 2 is 1.84 bits per heavy atom. The van der Waals surface area contributed by atoms with Crippen LogP contribution in [0.15, 0.2) is 41.1 Å². The average Bonchev–Trinajstić information content (AvgIpc) is 3.33. The van der Waals surface area contributed by atoms with E-state index in [1.807, 2.05) is 0 Å². The molecule has 7 nitrogen and oxygen atoms in total. The molecule has 45 heavy (non-hydrogen) atoms. The summed E-state index contributed by atoms with van der Waals surface area (Å²) in [4.78, 5) is 21.0. The number of methoxy groups -OCH3 is 1. The SMILES string of the molecule is COc1ccc([C@@]2(CCNC(=O)CON=C3C=C4CC[C@@H]5[C@@H](CC[C@@]6(C)[C@H](O)CC[C@@H]56)[C@]4(C)CC3)C[C@H](C)N(C)C[C@H]2C)cc1. The van der Waals surface area contributed by atoms with Crippen molar-refractivity contribution in [3.8, 4) is 5.75 Å². The molecule has 1 saturated heterocycles. The molecule has 7 heteroatoms. The van der Waals surface area contributed by atoms with E-state index in [1.165, 1.54) is 30.4 Å². The first-order valence-corrected chi connectivity index (χ1v) is 17.7. The van der Waals surface area contributed by atoms with Crippen molar-refractivity contribution in [2.75, 3.05) is 33.9 Å². The van der Waals surface area contributed by atoms with Crippen molar-refractivity contribution in [2.24, 2.45) is 39.7 Å². The fourth-order valence-electron chi connectivity index (χ4n) is 10.8. The second-order valence-electron chi connectivity index (χ2n) is 15.9. The molecule has 0 bridgehead atoms. The summed E-state index contributed by atoms with van der Waals surface area (Å²) >= 11 is 0. The van der Waals surface area contributed by atoms with E-state index in [9.17, 15) is 9.90 Å². The second-order valence-corrected chi connectivity index (χ2v) is 15.9. The quantitative estimate of drug-likeness (QED) is 0.325. The third-order valence-electron chi connectivity index (χ3n) is 13.8. The molecule has 1 aliphatic heterocycles. The van der Waals surface area contributed by atoms with Crippen LogP contribution in [0.1, 0.15) is 97.5 Å². The molecule has 1 heterocycles. The molecular weight excluding hydrogens is 562 g/mol. The lowest BCUT2D eigenvalue weighted by atomic mass is 9.47. The number of hydrogen-bond acceptors (Lipinski definition) is 6. The van der Waals surface area contributed by atoms with Gasteiger partial charge in [0.25, 0.3) is 5.91 Å². The largest absolute Gasteiger partial charge is 0.497 e. The topological polar surface area (TPSA) is 83.4 Å². The molecule has 1 aromatic carbocycles. The molecule has 3 saturated carbocycles. The number of ether oxygens (including phenoxy) is 1. The van der Waals surface area contributed by atoms with Gasteiger partial charge >= 0.3 is 0 Å². The highest BCUT2D eigenvalue weighted by Gasteiger charge is 2.58. The summed E-state index contributed by atoms with van der Waals surface area (Å²) in [6.07, 6.45) is 13.0. The average molecular weight is 620 g/mol. The molecular formula is C38H57N3O4. The van der Waals surface area contributed by atoms with Gasteiger partial charge < -0.3 is 24.9 Å². The predicted octanol–water partition coefficient (Wildman–Crippen LogP) is 6.50. The number of nitrogens with zero attached hydrogens (tertiary/aromatic N) is 2. The van der Waals surface area contributed by atoms with Crippen molar-refractivity contribution in [1.29, 1.82) is 0 Å². The number of oxime groups is 1. The highest BCUT2D eigenvalue weighted by molar-refractivity contribution is 5.96. The van der Waals surface area contributed by atoms with Crippen LogP contribution < -0.4 is 10.1 Å². The fourth-order valence-corrected chi connectivity index (χ4v) is 10.8. The Balaban J connectivity index is 1.04. The number of amides is 1. The molecule has 9 atom stereocenters. The smallest absolute Gasteiger partial charge is 0.260 e. The predicted molar refractivity (Wildman–Crippen MR) is 179 cm³/mol. The maximum Gasteiger partial charge on any atom is 0.260 e. The molecule has 4 aliphatic carbocycles. The summed E-state index contributed by atoms with van der Waals surface area (Å²) in [5, 5.41) is 18.4. The zero-order valence-electron chi connectivity index (χ0n) is 28.6. The molecule has 0 radical (unpaired) electrons. The zero-order chi connectivity index (χ0) is 32.0. The van der Waals surface area contributed by atoms with Gasteiger partial charge in [-0.15, -0.1) is 0 Å². The van der Waals surface area contributed by atoms with Crippen molar-refractivity contribution in [1.82, 2.24) is 10.2 Å². The number of benzene rings is 1. The lowest BCUT2D eigenvalue weighted by molar-refractivity contribution is -0.125. The van der Waals surface area contributed by atoms with Gasteiger partial charge in [0, 0.05) is 24.5 Å². The van der Waals surface area contributed by atoms with Crippen LogP contribution in [0.4, 0.5) is 0 Å². The first-order chi connectivity index (χ1) is 21.5. The van der Waals surface area contributed by atoms with Crippen molar-refractivity contribution >= 4 is 11.6 Å². The Kier molecular flexibility index (Phi) is 9.17. The third kappa shape index (κ3) is 5.86. The number of rotatable bonds is 8. The number of hydrogen-bond donors (Lipinski definition) is 2. The fraction of sp³-hybridized carbons (Fsp3) is 0.737. The van der Waals surface area contributed by atoms with Crippen LogP contribution in [0.25, 0.3) is 0 Å². The first-order valence-electron chi connectivity index (χ1n) is 17.7. The molecule has 1 aromatic rings. The van der Waals surface area contributed by atoms with Gasteiger partial charge in [0.1, 0.15) is 5.75 Å². The summed E-state index contributed by atoms with van der Waals surface area (Å²) < 4.78 is 5.42. The van der Waals surface area contributed by atoms with Crippen LogP contribution in [0, 0.1) is 34.5 Å². The molecule has 0 unspecified atom stereocenters. The summed E-state index contributed by atoms with van der Waals surface area (Å²) in [7, 11) is 3.91. The van der Waals surface area contributed by atoms with Crippen LogP contribution >= 0.6 is 0 Å². The van der Waals surface area contributed by atoms with Gasteiger partial charge in [0.2, 0.25) is 0 Å². The number of nitrogens with one attached hydrogen (secondary N) is 1. The molecule has 0 spiro atoms. The normalized spacial score (nSPS) is 40.6. The van der Waals surface area contributed by atoms with E-state index >= 15 is 0 Å². The lowest BCUT2D eigenvalue weighted by Crippen LogP contribution is -2.52. The Bertz CT molecular complexity index is 1290. The van der Waals surface area contributed by atoms with Gasteiger partial charge in [-0.2, -0.15) is 0 Å². The van der Waals surface area contributed by atoms with Crippen LogP contribution in [0.5, 0.6) is 5.75 Å². The van der Waals surface area contributed by atoms with Crippen molar-refractivity contribution in [3.63, 3.8) is 0 Å². The van der Waals surface area contributed by atoms with Crippen molar-refractivity contribution in [3.05, 3.63) is 41.5 Å². The highest BCUT2D eigenvalue weighted by Crippen LogP contribution is 2.65. The van der Waals surface area contributed by atoms with Gasteiger partial charge in [-0.25, -0.2) is 0 Å². The maximum absolute atomic E-state index is 12.9. The zero-order valence-corrected chi connectivity index (χ0v) is 28.6. The standard InChI is InChI=1S/C38H57N3O4/c1-25-23-41(5)26(2)22-38(25,27-7-10-30(44-6)11-8-27)19-20-39-35(43)24-45-40-29-15-17-36(3)28(21-29)9-12-31-32-13-14-34(42)37(32,4)18-16-33(31)36/h7-8,10-11,21,25-26,31-34,42H,9,12-20,22-24H2,1-6H3,(H,39,43)/t25-,26+,31+,32+,33-,34-,36-,37-,38+/m1/s1. The molecule has 0 aromatic heterocycles. The minimum absolute atomic E-state index is 0.0129. The summed E-state index contributed by atoms with van der Waals surface area (Å²) in [5.41, 5.74) is 4.14. The number of aliphatic hydroxyl groups excluding tert-OH is 1. The molecule has 5 aliphatic rings. The maximum atomic E-state index is 12.9. The van der Waals surface area contributed by atoms with Gasteiger partial charge in [0.15, 0.2) is 6.61 Å². The van der Waals surface area contributed by atoms with Gasteiger partial charge in [-0.05, 0) is 136 Å². The summed E-state index contributed by atoms with van der Waals surface area (Å²) in [5.74, 6) is 3.30. The Labute approximate surface area is 271 Å². The van der Waals surface area contributed by atoms with E-state index < -0.39 is 0 Å². The second kappa shape index (κ2) is 12.7. The van der Waals surface area contributed by atoms with E-state index in [-0.39, 0.29) is 34.9 Å². The molecule has 1 amide bonds. The summed E-state index contributed by atoms with van der Waals surface area (Å²) in [6.45, 7) is 11.1. The molecule has 6 rings (SSSR count). The first kappa shape index (κ1) is 32.6. The Morgan fingerprint density at radius 1 is 1.07 bits per heavy atom. The van der Waals surface area contributed by atoms with Crippen LogP contribution in [-0.4, -0.2) is 67.6 Å².